The maximum absolute atomic E-state index is 13.3. The van der Waals surface area contributed by atoms with E-state index < -0.39 is 0 Å². The van der Waals surface area contributed by atoms with E-state index in [1.807, 2.05) is 12.1 Å². The molecule has 1 aromatic heterocycles. The van der Waals surface area contributed by atoms with E-state index in [0.29, 0.717) is 10.4 Å². The number of nitrogens with zero attached hydrogens (tertiary/aromatic N) is 2. The van der Waals surface area contributed by atoms with E-state index in [0.717, 1.165) is 42.9 Å². The van der Waals surface area contributed by atoms with E-state index in [9.17, 15) is 4.39 Å². The van der Waals surface area contributed by atoms with Gasteiger partial charge in [-0.15, -0.1) is 0 Å². The zero-order chi connectivity index (χ0) is 15.7. The zero-order valence-electron chi connectivity index (χ0n) is 12.9. The van der Waals surface area contributed by atoms with Crippen LogP contribution in [-0.4, -0.2) is 16.6 Å². The van der Waals surface area contributed by atoms with Gasteiger partial charge in [-0.2, -0.15) is 0 Å². The summed E-state index contributed by atoms with van der Waals surface area (Å²) in [6.07, 6.45) is 2.22. The highest BCUT2D eigenvalue weighted by atomic mass is 79.9. The Morgan fingerprint density at radius 1 is 1.41 bits per heavy atom. The number of likely N-dealkylation sites (tertiary alicyclic amines) is 1. The summed E-state index contributed by atoms with van der Waals surface area (Å²) >= 11 is 3.25. The Balaban J connectivity index is 1.76. The molecule has 22 heavy (non-hydrogen) atoms. The Bertz CT molecular complexity index is 656. The molecule has 3 nitrogen and oxygen atoms in total. The average molecular weight is 367 g/mol. The fourth-order valence-electron chi connectivity index (χ4n) is 2.94. The lowest BCUT2D eigenvalue weighted by Gasteiger charge is -2.22. The number of halogens is 2. The Hall–Kier alpha value is -1.20. The first-order chi connectivity index (χ1) is 10.5. The van der Waals surface area contributed by atoms with Gasteiger partial charge in [-0.05, 0) is 58.9 Å². The normalized spacial score (nSPS) is 19.2. The molecule has 1 saturated heterocycles. The van der Waals surface area contributed by atoms with E-state index in [1.54, 1.807) is 0 Å². The van der Waals surface area contributed by atoms with Crippen LogP contribution < -0.4 is 0 Å². The Kier molecular flexibility index (Phi) is 4.64. The van der Waals surface area contributed by atoms with Gasteiger partial charge in [0.05, 0.1) is 16.2 Å². The molecule has 0 radical (unpaired) electrons. The minimum absolute atomic E-state index is 0.224. The van der Waals surface area contributed by atoms with Crippen molar-refractivity contribution in [2.24, 2.45) is 0 Å². The van der Waals surface area contributed by atoms with Gasteiger partial charge in [0.15, 0.2) is 5.76 Å². The van der Waals surface area contributed by atoms with Crippen LogP contribution in [0.5, 0.6) is 0 Å². The first kappa shape index (κ1) is 15.7. The predicted molar refractivity (Wildman–Crippen MR) is 87.1 cm³/mol. The van der Waals surface area contributed by atoms with Crippen LogP contribution >= 0.6 is 15.9 Å². The largest absolute Gasteiger partial charge is 0.359 e. The molecule has 3 rings (SSSR count). The molecule has 1 fully saturated rings. The highest BCUT2D eigenvalue weighted by Crippen LogP contribution is 2.34. The van der Waals surface area contributed by atoms with Crippen molar-refractivity contribution in [3.8, 4) is 0 Å². The van der Waals surface area contributed by atoms with Gasteiger partial charge in [0.1, 0.15) is 5.82 Å². The van der Waals surface area contributed by atoms with E-state index >= 15 is 0 Å². The summed E-state index contributed by atoms with van der Waals surface area (Å²) in [5, 5.41) is 4.17. The maximum Gasteiger partial charge on any atom is 0.154 e. The topological polar surface area (TPSA) is 29.3 Å². The van der Waals surface area contributed by atoms with Gasteiger partial charge < -0.3 is 4.52 Å². The van der Waals surface area contributed by atoms with Gasteiger partial charge in [-0.3, -0.25) is 4.90 Å². The van der Waals surface area contributed by atoms with E-state index in [2.05, 4.69) is 45.9 Å². The summed E-state index contributed by atoms with van der Waals surface area (Å²) in [5.74, 6) is 1.10. The lowest BCUT2D eigenvalue weighted by Crippen LogP contribution is -2.22. The SMILES string of the molecule is CC(C)c1cc([C@@H]2CCCN2Cc2ccc(F)c(Br)c2)on1. The Morgan fingerprint density at radius 2 is 2.23 bits per heavy atom. The van der Waals surface area contributed by atoms with Crippen LogP contribution in [-0.2, 0) is 6.54 Å². The van der Waals surface area contributed by atoms with Crippen LogP contribution in [0.15, 0.2) is 33.3 Å². The van der Waals surface area contributed by atoms with Gasteiger partial charge in [-0.1, -0.05) is 25.1 Å². The Morgan fingerprint density at radius 3 is 2.91 bits per heavy atom. The average Bonchev–Trinajstić information content (AvgIpc) is 3.11. The second-order valence-electron chi connectivity index (χ2n) is 6.19. The molecular weight excluding hydrogens is 347 g/mol. The van der Waals surface area contributed by atoms with E-state index in [-0.39, 0.29) is 11.9 Å². The maximum atomic E-state index is 13.3. The quantitative estimate of drug-likeness (QED) is 0.759. The number of rotatable bonds is 4. The molecule has 0 bridgehead atoms. The number of hydrogen-bond donors (Lipinski definition) is 0. The first-order valence-corrected chi connectivity index (χ1v) is 8.48. The lowest BCUT2D eigenvalue weighted by atomic mass is 10.1. The number of benzene rings is 1. The van der Waals surface area contributed by atoms with Crippen molar-refractivity contribution in [1.82, 2.24) is 10.1 Å². The van der Waals surface area contributed by atoms with Crippen LogP contribution in [0.4, 0.5) is 4.39 Å². The molecule has 2 heterocycles. The Labute approximate surface area is 138 Å². The molecular formula is C17H20BrFN2O. The molecule has 1 aromatic carbocycles. The summed E-state index contributed by atoms with van der Waals surface area (Å²) in [6, 6.07) is 7.55. The fourth-order valence-corrected chi connectivity index (χ4v) is 3.37. The van der Waals surface area contributed by atoms with Crippen LogP contribution in [0.3, 0.4) is 0 Å². The first-order valence-electron chi connectivity index (χ1n) is 7.69. The van der Waals surface area contributed by atoms with Crippen molar-refractivity contribution in [3.05, 3.63) is 51.6 Å². The molecule has 1 atom stereocenters. The number of hydrogen-bond acceptors (Lipinski definition) is 3. The summed E-state index contributed by atoms with van der Waals surface area (Å²) in [6.45, 7) is 6.05. The highest BCUT2D eigenvalue weighted by Gasteiger charge is 2.29. The molecule has 0 saturated carbocycles. The van der Waals surface area contributed by atoms with Crippen molar-refractivity contribution in [3.63, 3.8) is 0 Å². The third-order valence-corrected chi connectivity index (χ3v) is 4.81. The van der Waals surface area contributed by atoms with Crippen LogP contribution in [0.25, 0.3) is 0 Å². The predicted octanol–water partition coefficient (Wildman–Crippen LogP) is 5.04. The van der Waals surface area contributed by atoms with Crippen molar-refractivity contribution in [2.75, 3.05) is 6.54 Å². The van der Waals surface area contributed by atoms with Crippen molar-refractivity contribution in [2.45, 2.75) is 45.2 Å². The van der Waals surface area contributed by atoms with Gasteiger partial charge in [0.2, 0.25) is 0 Å². The lowest BCUT2D eigenvalue weighted by molar-refractivity contribution is 0.206. The standard InChI is InChI=1S/C17H20BrFN2O/c1-11(2)15-9-17(22-20-15)16-4-3-7-21(16)10-12-5-6-14(19)13(18)8-12/h5-6,8-9,11,16H,3-4,7,10H2,1-2H3/t16-/m0/s1. The van der Waals surface area contributed by atoms with Crippen LogP contribution in [0.1, 0.15) is 55.7 Å². The molecule has 118 valence electrons. The molecule has 0 amide bonds. The van der Waals surface area contributed by atoms with Crippen molar-refractivity contribution >= 4 is 15.9 Å². The van der Waals surface area contributed by atoms with Crippen molar-refractivity contribution < 1.29 is 8.91 Å². The third-order valence-electron chi connectivity index (χ3n) is 4.20. The van der Waals surface area contributed by atoms with E-state index in [1.165, 1.54) is 6.07 Å². The molecule has 0 N–H and O–H groups in total. The minimum Gasteiger partial charge on any atom is -0.359 e. The molecule has 1 aliphatic rings. The van der Waals surface area contributed by atoms with Crippen LogP contribution in [0.2, 0.25) is 0 Å². The fraction of sp³-hybridized carbons (Fsp3) is 0.471. The summed E-state index contributed by atoms with van der Waals surface area (Å²) in [5.41, 5.74) is 2.11. The minimum atomic E-state index is -0.224. The molecule has 0 spiro atoms. The van der Waals surface area contributed by atoms with E-state index in [4.69, 9.17) is 4.52 Å². The number of aromatic nitrogens is 1. The van der Waals surface area contributed by atoms with Gasteiger partial charge >= 0.3 is 0 Å². The van der Waals surface area contributed by atoms with Crippen LogP contribution in [0, 0.1) is 5.82 Å². The summed E-state index contributed by atoms with van der Waals surface area (Å²) < 4.78 is 19.4. The van der Waals surface area contributed by atoms with Gasteiger partial charge in [-0.25, -0.2) is 4.39 Å². The third kappa shape index (κ3) is 3.25. The second-order valence-corrected chi connectivity index (χ2v) is 7.04. The van der Waals surface area contributed by atoms with Gasteiger partial charge in [0.25, 0.3) is 0 Å². The highest BCUT2D eigenvalue weighted by molar-refractivity contribution is 9.10. The molecule has 1 aliphatic heterocycles. The monoisotopic (exact) mass is 366 g/mol. The van der Waals surface area contributed by atoms with Crippen molar-refractivity contribution in [1.29, 1.82) is 0 Å². The molecule has 5 heteroatoms. The molecule has 0 aliphatic carbocycles. The molecule has 2 aromatic rings. The molecule has 0 unspecified atom stereocenters. The second kappa shape index (κ2) is 6.50. The van der Waals surface area contributed by atoms with Gasteiger partial charge in [0, 0.05) is 12.6 Å². The summed E-state index contributed by atoms with van der Waals surface area (Å²) in [7, 11) is 0. The zero-order valence-corrected chi connectivity index (χ0v) is 14.4. The summed E-state index contributed by atoms with van der Waals surface area (Å²) in [4.78, 5) is 2.38. The smallest absolute Gasteiger partial charge is 0.154 e.